The molecule has 4 heteroatoms. The summed E-state index contributed by atoms with van der Waals surface area (Å²) in [7, 11) is 0. The molecule has 0 fully saturated rings. The predicted octanol–water partition coefficient (Wildman–Crippen LogP) is 2.31. The van der Waals surface area contributed by atoms with Gasteiger partial charge in [0.25, 0.3) is 0 Å². The summed E-state index contributed by atoms with van der Waals surface area (Å²) in [6, 6.07) is 9.51. The monoisotopic (exact) mass is 244 g/mol. The van der Waals surface area contributed by atoms with E-state index in [0.717, 1.165) is 11.3 Å². The SMILES string of the molecule is CCn1c(C)c(-c2ccccc2)n(C(C)=O)c1=O. The third kappa shape index (κ3) is 1.79. The maximum atomic E-state index is 12.2. The number of aromatic nitrogens is 2. The van der Waals surface area contributed by atoms with E-state index in [0.29, 0.717) is 12.2 Å². The fourth-order valence-electron chi connectivity index (χ4n) is 2.25. The van der Waals surface area contributed by atoms with Crippen molar-refractivity contribution in [2.45, 2.75) is 27.3 Å². The van der Waals surface area contributed by atoms with Crippen molar-refractivity contribution in [1.82, 2.24) is 9.13 Å². The minimum absolute atomic E-state index is 0.255. The molecule has 2 rings (SSSR count). The number of nitrogens with zero attached hydrogens (tertiary/aromatic N) is 2. The van der Waals surface area contributed by atoms with Gasteiger partial charge in [0.1, 0.15) is 0 Å². The molecule has 2 aromatic rings. The van der Waals surface area contributed by atoms with Gasteiger partial charge in [0.05, 0.1) is 5.69 Å². The van der Waals surface area contributed by atoms with Crippen molar-refractivity contribution >= 4 is 5.91 Å². The Morgan fingerprint density at radius 2 is 1.83 bits per heavy atom. The second kappa shape index (κ2) is 4.64. The third-order valence-corrected chi connectivity index (χ3v) is 3.07. The number of imidazole rings is 1. The van der Waals surface area contributed by atoms with Crippen LogP contribution in [0.25, 0.3) is 11.3 Å². The molecule has 0 saturated heterocycles. The Balaban J connectivity index is 2.82. The van der Waals surface area contributed by atoms with Crippen LogP contribution in [0.3, 0.4) is 0 Å². The lowest BCUT2D eigenvalue weighted by Crippen LogP contribution is -2.27. The fourth-order valence-corrected chi connectivity index (χ4v) is 2.25. The van der Waals surface area contributed by atoms with E-state index in [2.05, 4.69) is 0 Å². The van der Waals surface area contributed by atoms with E-state index in [9.17, 15) is 9.59 Å². The molecule has 1 heterocycles. The summed E-state index contributed by atoms with van der Waals surface area (Å²) in [5, 5.41) is 0. The Morgan fingerprint density at radius 1 is 1.22 bits per heavy atom. The van der Waals surface area contributed by atoms with Crippen molar-refractivity contribution in [3.8, 4) is 11.3 Å². The summed E-state index contributed by atoms with van der Waals surface area (Å²) in [4.78, 5) is 23.9. The Bertz CT molecular complexity index is 636. The second-order valence-electron chi connectivity index (χ2n) is 4.18. The third-order valence-electron chi connectivity index (χ3n) is 3.07. The predicted molar refractivity (Wildman–Crippen MR) is 70.8 cm³/mol. The molecule has 1 aromatic carbocycles. The topological polar surface area (TPSA) is 44.0 Å². The molecule has 0 saturated carbocycles. The molecule has 0 aliphatic rings. The van der Waals surface area contributed by atoms with Crippen LogP contribution in [0.4, 0.5) is 0 Å². The zero-order chi connectivity index (χ0) is 13.3. The van der Waals surface area contributed by atoms with Crippen LogP contribution in [0.5, 0.6) is 0 Å². The molecule has 0 N–H and O–H groups in total. The van der Waals surface area contributed by atoms with Crippen LogP contribution in [-0.2, 0) is 6.54 Å². The van der Waals surface area contributed by atoms with Crippen LogP contribution in [0.1, 0.15) is 24.3 Å². The average Bonchev–Trinajstić information content (AvgIpc) is 2.61. The molecule has 0 unspecified atom stereocenters. The molecule has 18 heavy (non-hydrogen) atoms. The Morgan fingerprint density at radius 3 is 2.33 bits per heavy atom. The molecule has 0 radical (unpaired) electrons. The number of hydrogen-bond acceptors (Lipinski definition) is 2. The van der Waals surface area contributed by atoms with Crippen LogP contribution >= 0.6 is 0 Å². The minimum Gasteiger partial charge on any atom is -0.296 e. The van der Waals surface area contributed by atoms with E-state index in [-0.39, 0.29) is 11.6 Å². The summed E-state index contributed by atoms with van der Waals surface area (Å²) in [6.45, 7) is 5.73. The van der Waals surface area contributed by atoms with Crippen LogP contribution in [-0.4, -0.2) is 15.0 Å². The second-order valence-corrected chi connectivity index (χ2v) is 4.18. The highest BCUT2D eigenvalue weighted by atomic mass is 16.2. The normalized spacial score (nSPS) is 10.6. The van der Waals surface area contributed by atoms with Gasteiger partial charge in [-0.05, 0) is 13.8 Å². The van der Waals surface area contributed by atoms with Gasteiger partial charge in [0.15, 0.2) is 0 Å². The van der Waals surface area contributed by atoms with Gasteiger partial charge in [-0.25, -0.2) is 9.36 Å². The lowest BCUT2D eigenvalue weighted by atomic mass is 10.1. The van der Waals surface area contributed by atoms with Gasteiger partial charge in [0, 0.05) is 24.7 Å². The van der Waals surface area contributed by atoms with Crippen molar-refractivity contribution in [2.24, 2.45) is 0 Å². The zero-order valence-electron chi connectivity index (χ0n) is 10.8. The first-order chi connectivity index (χ1) is 8.57. The summed E-state index contributed by atoms with van der Waals surface area (Å²) < 4.78 is 2.86. The van der Waals surface area contributed by atoms with Gasteiger partial charge in [-0.2, -0.15) is 0 Å². The molecular weight excluding hydrogens is 228 g/mol. The number of benzene rings is 1. The van der Waals surface area contributed by atoms with Gasteiger partial charge in [-0.15, -0.1) is 0 Å². The van der Waals surface area contributed by atoms with Crippen molar-refractivity contribution in [1.29, 1.82) is 0 Å². The van der Waals surface area contributed by atoms with Crippen molar-refractivity contribution in [3.05, 3.63) is 46.5 Å². The summed E-state index contributed by atoms with van der Waals surface area (Å²) in [6.07, 6.45) is 0. The van der Waals surface area contributed by atoms with Crippen LogP contribution in [0.15, 0.2) is 35.1 Å². The highest BCUT2D eigenvalue weighted by Crippen LogP contribution is 2.22. The molecule has 0 aliphatic heterocycles. The van der Waals surface area contributed by atoms with Gasteiger partial charge in [-0.3, -0.25) is 9.36 Å². The Kier molecular flexibility index (Phi) is 3.19. The zero-order valence-corrected chi connectivity index (χ0v) is 10.8. The summed E-state index contributed by atoms with van der Waals surface area (Å²) in [5.74, 6) is -0.255. The van der Waals surface area contributed by atoms with E-state index < -0.39 is 0 Å². The molecule has 0 atom stereocenters. The first kappa shape index (κ1) is 12.4. The molecule has 0 spiro atoms. The van der Waals surface area contributed by atoms with Crippen LogP contribution in [0.2, 0.25) is 0 Å². The van der Waals surface area contributed by atoms with Gasteiger partial charge >= 0.3 is 5.69 Å². The number of carbonyl (C=O) groups is 1. The average molecular weight is 244 g/mol. The first-order valence-electron chi connectivity index (χ1n) is 5.96. The van der Waals surface area contributed by atoms with E-state index in [1.807, 2.05) is 44.2 Å². The quantitative estimate of drug-likeness (QED) is 0.813. The van der Waals surface area contributed by atoms with Crippen molar-refractivity contribution in [2.75, 3.05) is 0 Å². The number of carbonyl (C=O) groups excluding carboxylic acids is 1. The fraction of sp³-hybridized carbons (Fsp3) is 0.286. The van der Waals surface area contributed by atoms with Gasteiger partial charge < -0.3 is 0 Å². The van der Waals surface area contributed by atoms with Crippen molar-refractivity contribution in [3.63, 3.8) is 0 Å². The van der Waals surface area contributed by atoms with E-state index in [1.54, 1.807) is 4.57 Å². The first-order valence-corrected chi connectivity index (χ1v) is 5.96. The largest absolute Gasteiger partial charge is 0.335 e. The smallest absolute Gasteiger partial charge is 0.296 e. The number of rotatable bonds is 2. The van der Waals surface area contributed by atoms with Crippen LogP contribution < -0.4 is 5.69 Å². The molecule has 0 amide bonds. The lowest BCUT2D eigenvalue weighted by molar-refractivity contribution is 0.0933. The van der Waals surface area contributed by atoms with Crippen molar-refractivity contribution < 1.29 is 4.79 Å². The van der Waals surface area contributed by atoms with E-state index in [4.69, 9.17) is 0 Å². The van der Waals surface area contributed by atoms with Gasteiger partial charge in [0.2, 0.25) is 5.91 Å². The maximum Gasteiger partial charge on any atom is 0.335 e. The molecule has 1 aromatic heterocycles. The minimum atomic E-state index is -0.263. The number of hydrogen-bond donors (Lipinski definition) is 0. The molecule has 0 bridgehead atoms. The summed E-state index contributed by atoms with van der Waals surface area (Å²) in [5.41, 5.74) is 2.13. The highest BCUT2D eigenvalue weighted by molar-refractivity contribution is 5.82. The maximum absolute atomic E-state index is 12.2. The Labute approximate surface area is 105 Å². The summed E-state index contributed by atoms with van der Waals surface area (Å²) >= 11 is 0. The van der Waals surface area contributed by atoms with E-state index in [1.165, 1.54) is 11.5 Å². The standard InChI is InChI=1S/C14H16N2O2/c1-4-15-10(2)13(12-8-6-5-7-9-12)16(11(3)17)14(15)18/h5-9H,4H2,1-3H3. The Hall–Kier alpha value is -2.10. The molecular formula is C14H16N2O2. The molecule has 94 valence electrons. The van der Waals surface area contributed by atoms with Crippen LogP contribution in [0, 0.1) is 6.92 Å². The van der Waals surface area contributed by atoms with Gasteiger partial charge in [-0.1, -0.05) is 30.3 Å². The molecule has 4 nitrogen and oxygen atoms in total. The lowest BCUT2D eigenvalue weighted by Gasteiger charge is -2.05. The van der Waals surface area contributed by atoms with E-state index >= 15 is 0 Å². The highest BCUT2D eigenvalue weighted by Gasteiger charge is 2.19. The molecule has 0 aliphatic carbocycles.